The number of halogens is 1. The van der Waals surface area contributed by atoms with Gasteiger partial charge in [0.05, 0.1) is 6.20 Å². The average molecular weight is 654 g/mol. The molecule has 252 valence electrons. The van der Waals surface area contributed by atoms with Gasteiger partial charge < -0.3 is 20.7 Å². The van der Waals surface area contributed by atoms with Crippen LogP contribution in [0.25, 0.3) is 11.1 Å². The predicted molar refractivity (Wildman–Crippen MR) is 182 cm³/mol. The number of nitrogens with one attached hydrogen (secondary N) is 3. The maximum Gasteiger partial charge on any atom is 0.272 e. The number of rotatable bonds is 9. The summed E-state index contributed by atoms with van der Waals surface area (Å²) in [6.45, 7) is 9.30. The van der Waals surface area contributed by atoms with E-state index in [0.29, 0.717) is 49.2 Å². The number of hydrogen-bond donors (Lipinski definition) is 3. The number of pyridine rings is 1. The summed E-state index contributed by atoms with van der Waals surface area (Å²) < 4.78 is 22.1. The van der Waals surface area contributed by atoms with Crippen molar-refractivity contribution in [1.82, 2.24) is 35.6 Å². The first-order valence-electron chi connectivity index (χ1n) is 16.7. The monoisotopic (exact) mass is 653 g/mol. The van der Waals surface area contributed by atoms with Gasteiger partial charge in [0.25, 0.3) is 11.8 Å². The van der Waals surface area contributed by atoms with E-state index in [0.717, 1.165) is 48.7 Å². The van der Waals surface area contributed by atoms with Gasteiger partial charge in [0, 0.05) is 56.5 Å². The maximum absolute atomic E-state index is 14.3. The zero-order valence-corrected chi connectivity index (χ0v) is 28.0. The fraction of sp³-hybridized carbons (Fsp3) is 0.405. The predicted octanol–water partition coefficient (Wildman–Crippen LogP) is 5.38. The van der Waals surface area contributed by atoms with Crippen LogP contribution in [0.3, 0.4) is 0 Å². The Labute approximate surface area is 281 Å². The number of amides is 2. The molecule has 2 amide bonds. The molecule has 2 aliphatic rings. The molecular formula is C37H44FN7O3. The topological polar surface area (TPSA) is 113 Å². The lowest BCUT2D eigenvalue weighted by molar-refractivity contribution is 0.0887. The molecule has 2 aromatic carbocycles. The van der Waals surface area contributed by atoms with Gasteiger partial charge >= 0.3 is 0 Å². The second-order valence-corrected chi connectivity index (χ2v) is 13.3. The van der Waals surface area contributed by atoms with Gasteiger partial charge in [-0.25, -0.2) is 9.37 Å². The van der Waals surface area contributed by atoms with Crippen LogP contribution in [0.5, 0.6) is 11.6 Å². The summed E-state index contributed by atoms with van der Waals surface area (Å²) in [5.74, 6) is -0.744. The molecule has 0 radical (unpaired) electrons. The molecule has 2 fully saturated rings. The van der Waals surface area contributed by atoms with Crippen LogP contribution in [-0.2, 0) is 13.6 Å². The minimum Gasteiger partial charge on any atom is -0.438 e. The third-order valence-corrected chi connectivity index (χ3v) is 9.18. The standard InChI is InChI=1S/C37H44FN7O3/c1-23-20-45(21-24(2)40-23)22-26-8-10-27(11-9-26)28-6-5-7-32(17-28)48-37-33(18-29(38)19-39-37)35(46)41-30-12-14-31(15-13-30)42-36(47)34-16-25(3)44(4)43-34/h5-11,16-19,23-24,30-31,40H,12-15,20-22H2,1-4H3,(H,41,46)(H,42,47)/t23-,24+,30-,31+. The second kappa shape index (κ2) is 14.7. The largest absolute Gasteiger partial charge is 0.438 e. The van der Waals surface area contributed by atoms with E-state index in [-0.39, 0.29) is 29.4 Å². The van der Waals surface area contributed by atoms with Crippen LogP contribution in [0.15, 0.2) is 66.9 Å². The average Bonchev–Trinajstić information content (AvgIpc) is 3.40. The van der Waals surface area contributed by atoms with Crippen molar-refractivity contribution in [2.75, 3.05) is 13.1 Å². The number of aryl methyl sites for hydroxylation is 2. The molecule has 1 aliphatic carbocycles. The molecule has 0 unspecified atom stereocenters. The minimum absolute atomic E-state index is 0.00831. The molecule has 48 heavy (non-hydrogen) atoms. The van der Waals surface area contributed by atoms with E-state index in [1.807, 2.05) is 25.1 Å². The Bertz CT molecular complexity index is 1720. The quantitative estimate of drug-likeness (QED) is 0.223. The highest BCUT2D eigenvalue weighted by Gasteiger charge is 2.27. The van der Waals surface area contributed by atoms with E-state index in [1.165, 1.54) is 5.56 Å². The van der Waals surface area contributed by atoms with E-state index in [2.05, 4.69) is 69.0 Å². The number of aromatic nitrogens is 3. The lowest BCUT2D eigenvalue weighted by Crippen LogP contribution is -2.53. The van der Waals surface area contributed by atoms with Crippen LogP contribution in [0.1, 0.15) is 71.6 Å². The van der Waals surface area contributed by atoms with E-state index in [1.54, 1.807) is 23.9 Å². The number of nitrogens with zero attached hydrogens (tertiary/aromatic N) is 4. The summed E-state index contributed by atoms with van der Waals surface area (Å²) in [7, 11) is 1.80. The number of piperazine rings is 1. The zero-order chi connectivity index (χ0) is 33.8. The molecule has 10 nitrogen and oxygen atoms in total. The van der Waals surface area contributed by atoms with Crippen molar-refractivity contribution in [2.45, 2.75) is 77.2 Å². The van der Waals surface area contributed by atoms with Gasteiger partial charge in [0.2, 0.25) is 5.88 Å². The number of hydrogen-bond acceptors (Lipinski definition) is 7. The fourth-order valence-corrected chi connectivity index (χ4v) is 6.73. The molecule has 1 saturated carbocycles. The molecule has 3 N–H and O–H groups in total. The lowest BCUT2D eigenvalue weighted by atomic mass is 9.91. The van der Waals surface area contributed by atoms with Gasteiger partial charge in [-0.05, 0) is 87.4 Å². The summed E-state index contributed by atoms with van der Waals surface area (Å²) in [4.78, 5) is 32.6. The smallest absolute Gasteiger partial charge is 0.272 e. The highest BCUT2D eigenvalue weighted by atomic mass is 19.1. The van der Waals surface area contributed by atoms with Crippen LogP contribution in [-0.4, -0.2) is 68.7 Å². The fourth-order valence-electron chi connectivity index (χ4n) is 6.73. The van der Waals surface area contributed by atoms with Gasteiger partial charge in [-0.3, -0.25) is 19.2 Å². The van der Waals surface area contributed by atoms with E-state index in [4.69, 9.17) is 4.74 Å². The van der Waals surface area contributed by atoms with Crippen LogP contribution >= 0.6 is 0 Å². The molecule has 6 rings (SSSR count). The Morgan fingerprint density at radius 2 is 1.58 bits per heavy atom. The summed E-state index contributed by atoms with van der Waals surface area (Å²) >= 11 is 0. The van der Waals surface area contributed by atoms with Crippen molar-refractivity contribution in [3.05, 3.63) is 95.2 Å². The van der Waals surface area contributed by atoms with Crippen LogP contribution in [0.2, 0.25) is 0 Å². The highest BCUT2D eigenvalue weighted by molar-refractivity contribution is 5.96. The van der Waals surface area contributed by atoms with E-state index >= 15 is 0 Å². The Balaban J connectivity index is 1.06. The molecule has 11 heteroatoms. The van der Waals surface area contributed by atoms with Crippen LogP contribution < -0.4 is 20.7 Å². The minimum atomic E-state index is -0.623. The third-order valence-electron chi connectivity index (χ3n) is 9.18. The lowest BCUT2D eigenvalue weighted by Gasteiger charge is -2.36. The molecule has 4 aromatic rings. The van der Waals surface area contributed by atoms with Crippen molar-refractivity contribution in [2.24, 2.45) is 7.05 Å². The molecule has 1 saturated heterocycles. The zero-order valence-electron chi connectivity index (χ0n) is 28.0. The van der Waals surface area contributed by atoms with E-state index in [9.17, 15) is 14.0 Å². The molecular weight excluding hydrogens is 609 g/mol. The van der Waals surface area contributed by atoms with Crippen LogP contribution in [0.4, 0.5) is 4.39 Å². The van der Waals surface area contributed by atoms with Crippen molar-refractivity contribution in [3.63, 3.8) is 0 Å². The normalized spacial score (nSPS) is 21.4. The van der Waals surface area contributed by atoms with Crippen molar-refractivity contribution in [3.8, 4) is 22.8 Å². The summed E-state index contributed by atoms with van der Waals surface area (Å²) in [5.41, 5.74) is 4.59. The molecule has 0 bridgehead atoms. The first kappa shape index (κ1) is 33.3. The SMILES string of the molecule is Cc1cc(C(=O)N[C@H]2CC[C@@H](NC(=O)c3cc(F)cnc3Oc3cccc(-c4ccc(CN5C[C@@H](C)N[C@@H](C)C5)cc4)c3)CC2)nn1C. The Morgan fingerprint density at radius 1 is 0.917 bits per heavy atom. The molecule has 3 heterocycles. The molecule has 0 spiro atoms. The first-order valence-corrected chi connectivity index (χ1v) is 16.7. The highest BCUT2D eigenvalue weighted by Crippen LogP contribution is 2.29. The first-order chi connectivity index (χ1) is 23.1. The van der Waals surface area contributed by atoms with Gasteiger partial charge in [0.15, 0.2) is 0 Å². The maximum atomic E-state index is 14.3. The summed E-state index contributed by atoms with van der Waals surface area (Å²) in [6, 6.07) is 19.8. The third kappa shape index (κ3) is 8.26. The van der Waals surface area contributed by atoms with Crippen LogP contribution in [0, 0.1) is 12.7 Å². The summed E-state index contributed by atoms with van der Waals surface area (Å²) in [5, 5.41) is 13.9. The molecule has 1 aliphatic heterocycles. The van der Waals surface area contributed by atoms with Gasteiger partial charge in [-0.15, -0.1) is 0 Å². The van der Waals surface area contributed by atoms with Gasteiger partial charge in [-0.1, -0.05) is 36.4 Å². The van der Waals surface area contributed by atoms with Crippen molar-refractivity contribution >= 4 is 11.8 Å². The summed E-state index contributed by atoms with van der Waals surface area (Å²) in [6.07, 6.45) is 3.80. The Morgan fingerprint density at radius 3 is 2.23 bits per heavy atom. The van der Waals surface area contributed by atoms with Crippen molar-refractivity contribution < 1.29 is 18.7 Å². The van der Waals surface area contributed by atoms with E-state index < -0.39 is 11.7 Å². The number of benzene rings is 2. The Kier molecular flexibility index (Phi) is 10.2. The van der Waals surface area contributed by atoms with Gasteiger partial charge in [0.1, 0.15) is 22.8 Å². The number of ether oxygens (including phenoxy) is 1. The van der Waals surface area contributed by atoms with Crippen molar-refractivity contribution in [1.29, 1.82) is 0 Å². The Hall–Kier alpha value is -4.61. The number of carbonyl (C=O) groups is 2. The van der Waals surface area contributed by atoms with Gasteiger partial charge in [-0.2, -0.15) is 5.10 Å². The number of carbonyl (C=O) groups excluding carboxylic acids is 2. The molecule has 2 atom stereocenters. The second-order valence-electron chi connectivity index (χ2n) is 13.3. The molecule has 2 aromatic heterocycles.